The van der Waals surface area contributed by atoms with Crippen LogP contribution in [0, 0.1) is 0 Å². The quantitative estimate of drug-likeness (QED) is 0.622. The molecule has 1 aliphatic carbocycles. The van der Waals surface area contributed by atoms with Gasteiger partial charge in [0.2, 0.25) is 0 Å². The molecule has 0 saturated heterocycles. The molecule has 0 aromatic heterocycles. The Morgan fingerprint density at radius 3 is 2.67 bits per heavy atom. The van der Waals surface area contributed by atoms with Gasteiger partial charge in [-0.05, 0) is 24.5 Å². The predicted octanol–water partition coefficient (Wildman–Crippen LogP) is 3.20. The van der Waals surface area contributed by atoms with Crippen molar-refractivity contribution in [1.29, 1.82) is 0 Å². The fourth-order valence-corrected chi connectivity index (χ4v) is 1.31. The Morgan fingerprint density at radius 1 is 1.50 bits per heavy atom. The highest BCUT2D eigenvalue weighted by atomic mass is 16.5. The van der Waals surface area contributed by atoms with Crippen molar-refractivity contribution >= 4 is 0 Å². The van der Waals surface area contributed by atoms with E-state index in [2.05, 4.69) is 19.6 Å². The van der Waals surface area contributed by atoms with Crippen molar-refractivity contribution in [2.45, 2.75) is 26.2 Å². The zero-order valence-electron chi connectivity index (χ0n) is 7.89. The van der Waals surface area contributed by atoms with E-state index in [-0.39, 0.29) is 0 Å². The van der Waals surface area contributed by atoms with Crippen LogP contribution in [0.4, 0.5) is 0 Å². The van der Waals surface area contributed by atoms with Gasteiger partial charge in [-0.2, -0.15) is 0 Å². The summed E-state index contributed by atoms with van der Waals surface area (Å²) in [6, 6.07) is 0. The third-order valence-corrected chi connectivity index (χ3v) is 2.25. The molecule has 1 rings (SSSR count). The maximum absolute atomic E-state index is 5.14. The van der Waals surface area contributed by atoms with Gasteiger partial charge in [0, 0.05) is 6.42 Å². The molecule has 0 heterocycles. The van der Waals surface area contributed by atoms with Crippen molar-refractivity contribution in [3.8, 4) is 0 Å². The summed E-state index contributed by atoms with van der Waals surface area (Å²) in [4.78, 5) is 0. The molecule has 12 heavy (non-hydrogen) atoms. The average Bonchev–Trinajstić information content (AvgIpc) is 2.17. The molecule has 0 saturated carbocycles. The van der Waals surface area contributed by atoms with Crippen molar-refractivity contribution in [2.75, 3.05) is 7.11 Å². The van der Waals surface area contributed by atoms with E-state index in [0.717, 1.165) is 25.0 Å². The molecule has 0 N–H and O–H groups in total. The van der Waals surface area contributed by atoms with Gasteiger partial charge < -0.3 is 4.74 Å². The first-order valence-electron chi connectivity index (χ1n) is 4.39. The Hall–Kier alpha value is -0.980. The van der Waals surface area contributed by atoms with E-state index < -0.39 is 0 Å². The molecule has 0 spiro atoms. The molecule has 0 unspecified atom stereocenters. The number of ether oxygens (including phenoxy) is 1. The first-order chi connectivity index (χ1) is 5.77. The second-order valence-corrected chi connectivity index (χ2v) is 2.99. The van der Waals surface area contributed by atoms with Crippen LogP contribution in [0.1, 0.15) is 26.2 Å². The van der Waals surface area contributed by atoms with Gasteiger partial charge in [0.1, 0.15) is 0 Å². The predicted molar refractivity (Wildman–Crippen MR) is 51.8 cm³/mol. The molecule has 1 nitrogen and oxygen atoms in total. The smallest absolute Gasteiger partial charge is 0.0958 e. The minimum Gasteiger partial charge on any atom is -0.501 e. The maximum atomic E-state index is 5.14. The number of allylic oxidation sites excluding steroid dienone is 5. The molecule has 0 amide bonds. The van der Waals surface area contributed by atoms with Crippen LogP contribution in [0.3, 0.4) is 0 Å². The first kappa shape index (κ1) is 9.11. The third-order valence-electron chi connectivity index (χ3n) is 2.25. The normalized spacial score (nSPS) is 16.5. The van der Waals surface area contributed by atoms with Crippen LogP contribution in [-0.2, 0) is 4.74 Å². The van der Waals surface area contributed by atoms with Crippen molar-refractivity contribution < 1.29 is 4.74 Å². The second-order valence-electron chi connectivity index (χ2n) is 2.99. The highest BCUT2D eigenvalue weighted by molar-refractivity contribution is 5.34. The van der Waals surface area contributed by atoms with Crippen molar-refractivity contribution in [3.63, 3.8) is 0 Å². The topological polar surface area (TPSA) is 9.23 Å². The van der Waals surface area contributed by atoms with E-state index in [9.17, 15) is 0 Å². The number of hydrogen-bond acceptors (Lipinski definition) is 1. The minimum atomic E-state index is 1.02. The Balaban J connectivity index is 2.66. The molecular weight excluding hydrogens is 148 g/mol. The van der Waals surface area contributed by atoms with Gasteiger partial charge in [0.05, 0.1) is 12.9 Å². The largest absolute Gasteiger partial charge is 0.501 e. The fraction of sp³-hybridized carbons (Fsp3) is 0.455. The third kappa shape index (κ3) is 2.00. The molecule has 0 radical (unpaired) electrons. The number of hydrogen-bond donors (Lipinski definition) is 0. The minimum absolute atomic E-state index is 1.02. The van der Waals surface area contributed by atoms with E-state index in [4.69, 9.17) is 4.74 Å². The van der Waals surface area contributed by atoms with E-state index in [1.54, 1.807) is 7.11 Å². The second kappa shape index (κ2) is 4.15. The van der Waals surface area contributed by atoms with Gasteiger partial charge in [-0.1, -0.05) is 25.2 Å². The van der Waals surface area contributed by atoms with Gasteiger partial charge in [-0.15, -0.1) is 0 Å². The van der Waals surface area contributed by atoms with Crippen molar-refractivity contribution in [3.05, 3.63) is 35.6 Å². The van der Waals surface area contributed by atoms with Crippen molar-refractivity contribution in [1.82, 2.24) is 0 Å². The molecule has 66 valence electrons. The Morgan fingerprint density at radius 2 is 2.25 bits per heavy atom. The van der Waals surface area contributed by atoms with Crippen LogP contribution >= 0.6 is 0 Å². The molecule has 0 aromatic carbocycles. The average molecular weight is 164 g/mol. The van der Waals surface area contributed by atoms with Crippen molar-refractivity contribution in [2.24, 2.45) is 0 Å². The zero-order chi connectivity index (χ0) is 8.97. The van der Waals surface area contributed by atoms with Crippen LogP contribution < -0.4 is 0 Å². The lowest BCUT2D eigenvalue weighted by molar-refractivity contribution is 0.276. The van der Waals surface area contributed by atoms with Crippen LogP contribution in [0.15, 0.2) is 35.6 Å². The van der Waals surface area contributed by atoms with Crippen LogP contribution in [-0.4, -0.2) is 7.11 Å². The summed E-state index contributed by atoms with van der Waals surface area (Å²) < 4.78 is 5.14. The molecule has 0 atom stereocenters. The number of methoxy groups -OCH3 is 1. The van der Waals surface area contributed by atoms with Gasteiger partial charge in [0.15, 0.2) is 0 Å². The van der Waals surface area contributed by atoms with Crippen LogP contribution in [0.25, 0.3) is 0 Å². The summed E-state index contributed by atoms with van der Waals surface area (Å²) in [5.41, 5.74) is 2.62. The van der Waals surface area contributed by atoms with Gasteiger partial charge in [-0.3, -0.25) is 0 Å². The van der Waals surface area contributed by atoms with E-state index in [1.165, 1.54) is 11.1 Å². The number of rotatable bonds is 3. The highest BCUT2D eigenvalue weighted by Gasteiger charge is 2.07. The molecule has 0 aliphatic heterocycles. The fourth-order valence-electron chi connectivity index (χ4n) is 1.31. The molecule has 0 bridgehead atoms. The summed E-state index contributed by atoms with van der Waals surface area (Å²) in [5.74, 6) is 1.07. The first-order valence-corrected chi connectivity index (χ1v) is 4.39. The Bertz CT molecular complexity index is 233. The summed E-state index contributed by atoms with van der Waals surface area (Å²) in [6.07, 6.45) is 7.30. The Labute approximate surface area is 74.4 Å². The summed E-state index contributed by atoms with van der Waals surface area (Å²) in [7, 11) is 1.72. The van der Waals surface area contributed by atoms with Gasteiger partial charge in [-0.25, -0.2) is 0 Å². The van der Waals surface area contributed by atoms with E-state index in [0.29, 0.717) is 0 Å². The van der Waals surface area contributed by atoms with E-state index >= 15 is 0 Å². The molecule has 1 heteroatoms. The molecule has 0 aromatic rings. The molecule has 0 fully saturated rings. The van der Waals surface area contributed by atoms with Gasteiger partial charge >= 0.3 is 0 Å². The highest BCUT2D eigenvalue weighted by Crippen LogP contribution is 2.24. The lowest BCUT2D eigenvalue weighted by Gasteiger charge is -2.14. The lowest BCUT2D eigenvalue weighted by atomic mass is 9.96. The monoisotopic (exact) mass is 164 g/mol. The summed E-state index contributed by atoms with van der Waals surface area (Å²) in [5, 5.41) is 0. The SMILES string of the molecule is C=C(CC)C1=CC=C(OC)CC1. The molecule has 1 aliphatic rings. The Kier molecular flexibility index (Phi) is 3.15. The van der Waals surface area contributed by atoms with Crippen LogP contribution in [0.5, 0.6) is 0 Å². The zero-order valence-corrected chi connectivity index (χ0v) is 7.89. The van der Waals surface area contributed by atoms with Gasteiger partial charge in [0.25, 0.3) is 0 Å². The molecular formula is C11H16O. The summed E-state index contributed by atoms with van der Waals surface area (Å²) >= 11 is 0. The summed E-state index contributed by atoms with van der Waals surface area (Å²) in [6.45, 7) is 6.15. The van der Waals surface area contributed by atoms with Crippen LogP contribution in [0.2, 0.25) is 0 Å². The van der Waals surface area contributed by atoms with E-state index in [1.807, 2.05) is 6.08 Å². The standard InChI is InChI=1S/C11H16O/c1-4-9(2)10-5-7-11(12-3)8-6-10/h5,7H,2,4,6,8H2,1,3H3. The lowest BCUT2D eigenvalue weighted by Crippen LogP contribution is -1.96. The maximum Gasteiger partial charge on any atom is 0.0958 e.